The summed E-state index contributed by atoms with van der Waals surface area (Å²) in [5, 5.41) is 1.02. The van der Waals surface area contributed by atoms with Crippen molar-refractivity contribution in [2.24, 2.45) is 5.73 Å². The number of halogens is 4. The van der Waals surface area contributed by atoms with Gasteiger partial charge in [-0.05, 0) is 60.2 Å². The fourth-order valence-electron chi connectivity index (χ4n) is 4.14. The normalized spacial score (nSPS) is 12.0. The molecule has 33 heavy (non-hydrogen) atoms. The van der Waals surface area contributed by atoms with E-state index >= 15 is 0 Å². The number of benzene rings is 3. The van der Waals surface area contributed by atoms with Crippen LogP contribution >= 0.6 is 0 Å². The molecule has 2 heterocycles. The predicted molar refractivity (Wildman–Crippen MR) is 115 cm³/mol. The second-order valence-electron chi connectivity index (χ2n) is 7.58. The van der Waals surface area contributed by atoms with Crippen LogP contribution in [-0.2, 0) is 12.7 Å². The van der Waals surface area contributed by atoms with Crippen molar-refractivity contribution in [3.63, 3.8) is 0 Å². The molecule has 0 atom stereocenters. The standard InChI is InChI=1S/C25H15F4N2O2/c26-16-8-6-15(19(12-16)25(27,28)29)13-31-20-4-1-3-18(24(30)32)23(20)17-9-7-14(11-21(17)31)22-5-2-10-33-22/h1-8,10-12H,13H2,(H2,30,32). The minimum absolute atomic E-state index is 0.115. The first kappa shape index (κ1) is 20.8. The maximum Gasteiger partial charge on any atom is 0.416 e. The molecule has 2 aromatic heterocycles. The Hall–Kier alpha value is -4.07. The summed E-state index contributed by atoms with van der Waals surface area (Å²) < 4.78 is 61.7. The number of primary amides is 1. The number of fused-ring (bicyclic) bond motifs is 3. The largest absolute Gasteiger partial charge is 0.464 e. The molecular weight excluding hydrogens is 436 g/mol. The maximum atomic E-state index is 13.6. The van der Waals surface area contributed by atoms with E-state index in [9.17, 15) is 22.4 Å². The summed E-state index contributed by atoms with van der Waals surface area (Å²) in [6.07, 6.45) is -3.23. The van der Waals surface area contributed by atoms with Gasteiger partial charge in [0.15, 0.2) is 0 Å². The first-order chi connectivity index (χ1) is 15.7. The third kappa shape index (κ3) is 3.53. The molecule has 165 valence electrons. The Labute approximate surface area is 184 Å². The van der Waals surface area contributed by atoms with Crippen LogP contribution in [0.25, 0.3) is 33.1 Å². The van der Waals surface area contributed by atoms with E-state index in [4.69, 9.17) is 10.2 Å². The highest BCUT2D eigenvalue weighted by molar-refractivity contribution is 6.18. The highest BCUT2D eigenvalue weighted by Gasteiger charge is 2.34. The van der Waals surface area contributed by atoms with Crippen LogP contribution in [0, 0.1) is 11.9 Å². The number of carbonyl (C=O) groups is 1. The maximum absolute atomic E-state index is 13.6. The van der Waals surface area contributed by atoms with Crippen LogP contribution in [0.5, 0.6) is 0 Å². The SMILES string of the molecule is NC(=O)c1cccc2c1c1[c]cc(-c3ccco3)cc1n2Cc1ccc(F)cc1C(F)(F)F. The molecule has 0 bridgehead atoms. The quantitative estimate of drug-likeness (QED) is 0.333. The van der Waals surface area contributed by atoms with Crippen molar-refractivity contribution in [3.05, 3.63) is 95.5 Å². The molecule has 0 aliphatic heterocycles. The molecule has 0 aliphatic rings. The van der Waals surface area contributed by atoms with Crippen LogP contribution in [0.2, 0.25) is 0 Å². The van der Waals surface area contributed by atoms with E-state index in [-0.39, 0.29) is 17.7 Å². The van der Waals surface area contributed by atoms with E-state index in [0.29, 0.717) is 39.2 Å². The first-order valence-electron chi connectivity index (χ1n) is 9.90. The van der Waals surface area contributed by atoms with Crippen LogP contribution in [0.3, 0.4) is 0 Å². The van der Waals surface area contributed by atoms with Gasteiger partial charge in [-0.25, -0.2) is 4.39 Å². The van der Waals surface area contributed by atoms with Crippen LogP contribution in [0.4, 0.5) is 17.6 Å². The molecule has 0 unspecified atom stereocenters. The number of hydrogen-bond acceptors (Lipinski definition) is 2. The Morgan fingerprint density at radius 1 is 1.06 bits per heavy atom. The number of rotatable bonds is 4. The summed E-state index contributed by atoms with van der Waals surface area (Å²) in [5.74, 6) is -1.09. The van der Waals surface area contributed by atoms with Crippen LogP contribution < -0.4 is 5.73 Å². The minimum atomic E-state index is -4.74. The summed E-state index contributed by atoms with van der Waals surface area (Å²) in [5.41, 5.74) is 6.32. The van der Waals surface area contributed by atoms with E-state index < -0.39 is 23.5 Å². The van der Waals surface area contributed by atoms with Gasteiger partial charge in [0.2, 0.25) is 5.91 Å². The highest BCUT2D eigenvalue weighted by Crippen LogP contribution is 2.37. The van der Waals surface area contributed by atoms with Gasteiger partial charge < -0.3 is 14.7 Å². The van der Waals surface area contributed by atoms with Gasteiger partial charge in [-0.1, -0.05) is 12.1 Å². The molecule has 5 aromatic rings. The number of nitrogens with two attached hydrogens (primary N) is 1. The lowest BCUT2D eigenvalue weighted by Gasteiger charge is -2.15. The third-order valence-corrected chi connectivity index (χ3v) is 5.57. The number of nitrogens with zero attached hydrogens (tertiary/aromatic N) is 1. The molecular formula is C25H15F4N2O2. The summed E-state index contributed by atoms with van der Waals surface area (Å²) in [6, 6.07) is 17.5. The topological polar surface area (TPSA) is 61.2 Å². The number of alkyl halides is 3. The monoisotopic (exact) mass is 451 g/mol. The zero-order valence-corrected chi connectivity index (χ0v) is 16.9. The molecule has 1 radical (unpaired) electrons. The smallest absolute Gasteiger partial charge is 0.416 e. The van der Waals surface area contributed by atoms with E-state index in [0.717, 1.165) is 12.1 Å². The molecule has 3 aromatic carbocycles. The molecule has 4 nitrogen and oxygen atoms in total. The van der Waals surface area contributed by atoms with Crippen molar-refractivity contribution in [1.82, 2.24) is 4.57 Å². The molecule has 1 amide bonds. The van der Waals surface area contributed by atoms with Crippen molar-refractivity contribution in [2.45, 2.75) is 12.7 Å². The average Bonchev–Trinajstić information content (AvgIpc) is 3.41. The van der Waals surface area contributed by atoms with Gasteiger partial charge in [0.25, 0.3) is 0 Å². The summed E-state index contributed by atoms with van der Waals surface area (Å²) in [6.45, 7) is -0.215. The van der Waals surface area contributed by atoms with Gasteiger partial charge in [0.1, 0.15) is 11.6 Å². The summed E-state index contributed by atoms with van der Waals surface area (Å²) in [4.78, 5) is 12.1. The Morgan fingerprint density at radius 3 is 2.58 bits per heavy atom. The molecule has 0 saturated heterocycles. The Bertz CT molecular complexity index is 1520. The number of aromatic nitrogens is 1. The predicted octanol–water partition coefficient (Wildman–Crippen LogP) is 6.16. The van der Waals surface area contributed by atoms with E-state index in [2.05, 4.69) is 6.07 Å². The van der Waals surface area contributed by atoms with Gasteiger partial charge in [-0.15, -0.1) is 0 Å². The zero-order chi connectivity index (χ0) is 23.3. The van der Waals surface area contributed by atoms with Crippen LogP contribution in [-0.4, -0.2) is 10.5 Å². The van der Waals surface area contributed by atoms with Crippen LogP contribution in [0.15, 0.2) is 71.3 Å². The Balaban J connectivity index is 1.81. The van der Waals surface area contributed by atoms with Crippen molar-refractivity contribution in [3.8, 4) is 11.3 Å². The van der Waals surface area contributed by atoms with Crippen molar-refractivity contribution < 1.29 is 26.8 Å². The van der Waals surface area contributed by atoms with Gasteiger partial charge in [0.05, 0.1) is 22.9 Å². The Kier molecular flexibility index (Phi) is 4.74. The zero-order valence-electron chi connectivity index (χ0n) is 16.9. The van der Waals surface area contributed by atoms with Crippen molar-refractivity contribution >= 4 is 27.7 Å². The summed E-state index contributed by atoms with van der Waals surface area (Å²) >= 11 is 0. The second kappa shape index (κ2) is 7.51. The molecule has 5 rings (SSSR count). The fraction of sp³-hybridized carbons (Fsp3) is 0.0800. The van der Waals surface area contributed by atoms with Gasteiger partial charge in [-0.2, -0.15) is 13.2 Å². The average molecular weight is 451 g/mol. The molecule has 2 N–H and O–H groups in total. The molecule has 0 aliphatic carbocycles. The number of hydrogen-bond donors (Lipinski definition) is 1. The molecule has 0 saturated carbocycles. The third-order valence-electron chi connectivity index (χ3n) is 5.57. The minimum Gasteiger partial charge on any atom is -0.464 e. The lowest BCUT2D eigenvalue weighted by atomic mass is 10.0. The van der Waals surface area contributed by atoms with Crippen molar-refractivity contribution in [1.29, 1.82) is 0 Å². The number of furan rings is 1. The second-order valence-corrected chi connectivity index (χ2v) is 7.58. The molecule has 0 fully saturated rings. The fourth-order valence-corrected chi connectivity index (χ4v) is 4.14. The van der Waals surface area contributed by atoms with Gasteiger partial charge >= 0.3 is 6.18 Å². The summed E-state index contributed by atoms with van der Waals surface area (Å²) in [7, 11) is 0. The lowest BCUT2D eigenvalue weighted by Crippen LogP contribution is -2.13. The molecule has 8 heteroatoms. The van der Waals surface area contributed by atoms with Crippen LogP contribution in [0.1, 0.15) is 21.5 Å². The van der Waals surface area contributed by atoms with Gasteiger partial charge in [0, 0.05) is 28.4 Å². The van der Waals surface area contributed by atoms with E-state index in [1.165, 1.54) is 6.26 Å². The van der Waals surface area contributed by atoms with E-state index in [1.54, 1.807) is 47.0 Å². The van der Waals surface area contributed by atoms with E-state index in [1.807, 2.05) is 0 Å². The Morgan fingerprint density at radius 2 is 1.88 bits per heavy atom. The number of amides is 1. The lowest BCUT2D eigenvalue weighted by molar-refractivity contribution is -0.138. The molecule has 0 spiro atoms. The first-order valence-corrected chi connectivity index (χ1v) is 9.90. The van der Waals surface area contributed by atoms with Gasteiger partial charge in [-0.3, -0.25) is 4.79 Å². The van der Waals surface area contributed by atoms with Crippen molar-refractivity contribution in [2.75, 3.05) is 0 Å². The highest BCUT2D eigenvalue weighted by atomic mass is 19.4. The number of carbonyl (C=O) groups excluding carboxylic acids is 1.